The molecule has 2 heteroatoms. The fraction of sp³-hybridized carbons (Fsp3) is 0.375. The van der Waals surface area contributed by atoms with E-state index in [4.69, 9.17) is 0 Å². The van der Waals surface area contributed by atoms with Gasteiger partial charge in [0.15, 0.2) is 0 Å². The van der Waals surface area contributed by atoms with E-state index in [0.717, 1.165) is 13.0 Å². The van der Waals surface area contributed by atoms with Gasteiger partial charge in [0.2, 0.25) is 0 Å². The molecule has 1 aromatic heterocycles. The van der Waals surface area contributed by atoms with Gasteiger partial charge in [0.05, 0.1) is 0 Å². The maximum absolute atomic E-state index is 3.27. The molecule has 96 valence electrons. The summed E-state index contributed by atoms with van der Waals surface area (Å²) in [5.41, 5.74) is 4.23. The Balaban J connectivity index is 2.36. The van der Waals surface area contributed by atoms with Crippen molar-refractivity contribution in [2.45, 2.75) is 26.2 Å². The number of hydrogen-bond donors (Lipinski definition) is 1. The zero-order valence-electron chi connectivity index (χ0n) is 11.4. The standard InChI is InChI=1S/C16H21NS/c1-12-6-7-13(2)15(11-12)14(8-9-17-3)16-5-4-10-18-16/h4-7,10-11,14,17H,8-9H2,1-3H3. The molecule has 0 fully saturated rings. The molecule has 0 aliphatic rings. The fourth-order valence-electron chi connectivity index (χ4n) is 2.36. The maximum Gasteiger partial charge on any atom is 0.0198 e. The summed E-state index contributed by atoms with van der Waals surface area (Å²) in [7, 11) is 2.02. The van der Waals surface area contributed by atoms with Crippen molar-refractivity contribution in [2.24, 2.45) is 0 Å². The minimum absolute atomic E-state index is 0.525. The van der Waals surface area contributed by atoms with E-state index in [1.807, 2.05) is 18.4 Å². The highest BCUT2D eigenvalue weighted by molar-refractivity contribution is 7.10. The van der Waals surface area contributed by atoms with E-state index in [1.165, 1.54) is 21.6 Å². The average Bonchev–Trinajstić information content (AvgIpc) is 2.88. The van der Waals surface area contributed by atoms with Gasteiger partial charge in [-0.2, -0.15) is 0 Å². The van der Waals surface area contributed by atoms with E-state index < -0.39 is 0 Å². The molecular weight excluding hydrogens is 238 g/mol. The predicted octanol–water partition coefficient (Wildman–Crippen LogP) is 4.11. The van der Waals surface area contributed by atoms with E-state index in [0.29, 0.717) is 5.92 Å². The van der Waals surface area contributed by atoms with Gasteiger partial charge in [0.1, 0.15) is 0 Å². The average molecular weight is 259 g/mol. The Morgan fingerprint density at radius 2 is 2.06 bits per heavy atom. The Kier molecular flexibility index (Phi) is 4.56. The van der Waals surface area contributed by atoms with Crippen LogP contribution in [0.1, 0.15) is 33.9 Å². The van der Waals surface area contributed by atoms with Crippen molar-refractivity contribution in [1.29, 1.82) is 0 Å². The van der Waals surface area contributed by atoms with Gasteiger partial charge in [-0.05, 0) is 56.4 Å². The minimum Gasteiger partial charge on any atom is -0.320 e. The summed E-state index contributed by atoms with van der Waals surface area (Å²) < 4.78 is 0. The summed E-state index contributed by atoms with van der Waals surface area (Å²) in [6.07, 6.45) is 1.15. The molecule has 1 aromatic carbocycles. The lowest BCUT2D eigenvalue weighted by molar-refractivity contribution is 0.666. The van der Waals surface area contributed by atoms with Crippen LogP contribution in [0.25, 0.3) is 0 Å². The Hall–Kier alpha value is -1.12. The van der Waals surface area contributed by atoms with Crippen molar-refractivity contribution in [3.05, 3.63) is 57.3 Å². The Labute approximate surface area is 114 Å². The van der Waals surface area contributed by atoms with Gasteiger partial charge >= 0.3 is 0 Å². The minimum atomic E-state index is 0.525. The van der Waals surface area contributed by atoms with Crippen LogP contribution in [0, 0.1) is 13.8 Å². The number of benzene rings is 1. The lowest BCUT2D eigenvalue weighted by Crippen LogP contribution is -2.13. The second-order valence-corrected chi connectivity index (χ2v) is 5.80. The SMILES string of the molecule is CNCCC(c1cccs1)c1cc(C)ccc1C. The number of thiophene rings is 1. The molecule has 0 aliphatic heterocycles. The summed E-state index contributed by atoms with van der Waals surface area (Å²) >= 11 is 1.86. The number of nitrogens with one attached hydrogen (secondary N) is 1. The largest absolute Gasteiger partial charge is 0.320 e. The molecule has 0 saturated heterocycles. The summed E-state index contributed by atoms with van der Waals surface area (Å²) in [6, 6.07) is 11.2. The van der Waals surface area contributed by atoms with E-state index in [1.54, 1.807) is 0 Å². The van der Waals surface area contributed by atoms with E-state index in [9.17, 15) is 0 Å². The normalized spacial score (nSPS) is 12.6. The van der Waals surface area contributed by atoms with Gasteiger partial charge in [-0.25, -0.2) is 0 Å². The molecule has 0 radical (unpaired) electrons. The quantitative estimate of drug-likeness (QED) is 0.852. The van der Waals surface area contributed by atoms with Gasteiger partial charge in [-0.3, -0.25) is 0 Å². The molecule has 0 saturated carbocycles. The van der Waals surface area contributed by atoms with Gasteiger partial charge in [0.25, 0.3) is 0 Å². The third-order valence-corrected chi connectivity index (χ3v) is 4.37. The molecule has 2 aromatic rings. The van der Waals surface area contributed by atoms with Crippen LogP contribution in [-0.4, -0.2) is 13.6 Å². The van der Waals surface area contributed by atoms with Crippen LogP contribution < -0.4 is 5.32 Å². The molecule has 1 N–H and O–H groups in total. The van der Waals surface area contributed by atoms with Gasteiger partial charge in [-0.15, -0.1) is 11.3 Å². The molecule has 0 bridgehead atoms. The number of aryl methyl sites for hydroxylation is 2. The Morgan fingerprint density at radius 3 is 2.72 bits per heavy atom. The summed E-state index contributed by atoms with van der Waals surface area (Å²) in [5, 5.41) is 5.44. The zero-order chi connectivity index (χ0) is 13.0. The van der Waals surface area contributed by atoms with Crippen molar-refractivity contribution < 1.29 is 0 Å². The van der Waals surface area contributed by atoms with Crippen molar-refractivity contribution in [3.63, 3.8) is 0 Å². The second-order valence-electron chi connectivity index (χ2n) is 4.82. The highest BCUT2D eigenvalue weighted by atomic mass is 32.1. The van der Waals surface area contributed by atoms with Crippen LogP contribution in [-0.2, 0) is 0 Å². The van der Waals surface area contributed by atoms with Crippen LogP contribution in [0.15, 0.2) is 35.7 Å². The maximum atomic E-state index is 3.27. The van der Waals surface area contributed by atoms with Crippen molar-refractivity contribution in [1.82, 2.24) is 5.32 Å². The Bertz CT molecular complexity index is 488. The van der Waals surface area contributed by atoms with Gasteiger partial charge in [-0.1, -0.05) is 29.8 Å². The summed E-state index contributed by atoms with van der Waals surface area (Å²) in [5.74, 6) is 0.525. The first-order valence-electron chi connectivity index (χ1n) is 6.47. The third kappa shape index (κ3) is 3.01. The lowest BCUT2D eigenvalue weighted by atomic mass is 9.89. The van der Waals surface area contributed by atoms with Crippen molar-refractivity contribution in [2.75, 3.05) is 13.6 Å². The van der Waals surface area contributed by atoms with Crippen molar-refractivity contribution in [3.8, 4) is 0 Å². The van der Waals surface area contributed by atoms with E-state index in [2.05, 4.69) is 54.9 Å². The molecule has 1 nitrogen and oxygen atoms in total. The molecule has 0 aliphatic carbocycles. The summed E-state index contributed by atoms with van der Waals surface area (Å²) in [6.45, 7) is 5.44. The highest BCUT2D eigenvalue weighted by Gasteiger charge is 2.16. The highest BCUT2D eigenvalue weighted by Crippen LogP contribution is 2.33. The predicted molar refractivity (Wildman–Crippen MR) is 80.6 cm³/mol. The summed E-state index contributed by atoms with van der Waals surface area (Å²) in [4.78, 5) is 1.47. The first-order chi connectivity index (χ1) is 8.72. The topological polar surface area (TPSA) is 12.0 Å². The van der Waals surface area contributed by atoms with Crippen LogP contribution in [0.4, 0.5) is 0 Å². The molecule has 0 spiro atoms. The first kappa shape index (κ1) is 13.3. The van der Waals surface area contributed by atoms with Crippen LogP contribution in [0.2, 0.25) is 0 Å². The molecule has 1 heterocycles. The first-order valence-corrected chi connectivity index (χ1v) is 7.35. The third-order valence-electron chi connectivity index (χ3n) is 3.38. The smallest absolute Gasteiger partial charge is 0.0198 e. The zero-order valence-corrected chi connectivity index (χ0v) is 12.2. The Morgan fingerprint density at radius 1 is 1.22 bits per heavy atom. The molecule has 2 rings (SSSR count). The molecule has 0 amide bonds. The van der Waals surface area contributed by atoms with Crippen LogP contribution >= 0.6 is 11.3 Å². The van der Waals surface area contributed by atoms with E-state index in [-0.39, 0.29) is 0 Å². The fourth-order valence-corrected chi connectivity index (χ4v) is 3.25. The van der Waals surface area contributed by atoms with Crippen LogP contribution in [0.5, 0.6) is 0 Å². The molecule has 1 atom stereocenters. The molecular formula is C16H21NS. The second kappa shape index (κ2) is 6.17. The molecule has 1 unspecified atom stereocenters. The monoisotopic (exact) mass is 259 g/mol. The van der Waals surface area contributed by atoms with Crippen molar-refractivity contribution >= 4 is 11.3 Å². The number of rotatable bonds is 5. The van der Waals surface area contributed by atoms with Gasteiger partial charge in [0, 0.05) is 10.8 Å². The van der Waals surface area contributed by atoms with Gasteiger partial charge < -0.3 is 5.32 Å². The van der Waals surface area contributed by atoms with E-state index >= 15 is 0 Å². The number of hydrogen-bond acceptors (Lipinski definition) is 2. The van der Waals surface area contributed by atoms with Crippen LogP contribution in [0.3, 0.4) is 0 Å². The molecule has 18 heavy (non-hydrogen) atoms. The lowest BCUT2D eigenvalue weighted by Gasteiger charge is -2.19.